The second-order valence-electron chi connectivity index (χ2n) is 7.76. The molecule has 0 spiro atoms. The van der Waals surface area contributed by atoms with Crippen LogP contribution in [-0.2, 0) is 13.5 Å². The molecule has 4 rings (SSSR count). The molecule has 0 fully saturated rings. The number of hydrogen-bond acceptors (Lipinski definition) is 2. The van der Waals surface area contributed by atoms with Crippen LogP contribution in [0.5, 0.6) is 11.5 Å². The predicted octanol–water partition coefficient (Wildman–Crippen LogP) is 6.75. The van der Waals surface area contributed by atoms with Crippen molar-refractivity contribution in [1.29, 1.82) is 0 Å². The summed E-state index contributed by atoms with van der Waals surface area (Å²) in [5.74, 6) is 1.80. The van der Waals surface area contributed by atoms with E-state index < -0.39 is 0 Å². The molecule has 0 N–H and O–H groups in total. The fraction of sp³-hybridized carbons (Fsp3) is 0.214. The second-order valence-corrected chi connectivity index (χ2v) is 7.76. The van der Waals surface area contributed by atoms with Crippen LogP contribution >= 0.6 is 0 Å². The van der Waals surface area contributed by atoms with Crippen molar-refractivity contribution in [2.75, 3.05) is 13.7 Å². The molecule has 1 heterocycles. The molecule has 0 saturated carbocycles. The molecule has 158 valence electrons. The Labute approximate surface area is 184 Å². The highest BCUT2D eigenvalue weighted by Crippen LogP contribution is 2.38. The van der Waals surface area contributed by atoms with Gasteiger partial charge in [-0.15, -0.1) is 0 Å². The number of aromatic nitrogens is 1. The Kier molecular flexibility index (Phi) is 6.42. The molecule has 0 atom stereocenters. The van der Waals surface area contributed by atoms with Crippen molar-refractivity contribution in [3.63, 3.8) is 0 Å². The molecule has 0 amide bonds. The minimum Gasteiger partial charge on any atom is -0.497 e. The SMILES string of the molecule is CCCOc1ccc(-c2c(-c3ccccc3)c(Cc3cccc(OC)c3)cn2C)cc1. The van der Waals surface area contributed by atoms with Crippen LogP contribution in [0.25, 0.3) is 22.4 Å². The number of aryl methyl sites for hydroxylation is 1. The lowest BCUT2D eigenvalue weighted by atomic mass is 9.94. The maximum Gasteiger partial charge on any atom is 0.119 e. The van der Waals surface area contributed by atoms with E-state index in [-0.39, 0.29) is 0 Å². The summed E-state index contributed by atoms with van der Waals surface area (Å²) in [4.78, 5) is 0. The molecule has 0 radical (unpaired) electrons. The monoisotopic (exact) mass is 411 g/mol. The van der Waals surface area contributed by atoms with Gasteiger partial charge in [0.05, 0.1) is 19.4 Å². The summed E-state index contributed by atoms with van der Waals surface area (Å²) < 4.78 is 13.4. The lowest BCUT2D eigenvalue weighted by Crippen LogP contribution is -1.95. The first-order chi connectivity index (χ1) is 15.2. The first kappa shape index (κ1) is 20.8. The average Bonchev–Trinajstić information content (AvgIpc) is 3.14. The van der Waals surface area contributed by atoms with Gasteiger partial charge in [0, 0.05) is 18.8 Å². The van der Waals surface area contributed by atoms with E-state index in [0.717, 1.165) is 30.9 Å². The Morgan fingerprint density at radius 3 is 2.29 bits per heavy atom. The lowest BCUT2D eigenvalue weighted by Gasteiger charge is -2.12. The van der Waals surface area contributed by atoms with Crippen LogP contribution in [0.1, 0.15) is 24.5 Å². The third-order valence-electron chi connectivity index (χ3n) is 5.45. The van der Waals surface area contributed by atoms with Crippen LogP contribution in [0, 0.1) is 0 Å². The largest absolute Gasteiger partial charge is 0.497 e. The number of benzene rings is 3. The molecule has 1 aromatic heterocycles. The predicted molar refractivity (Wildman–Crippen MR) is 128 cm³/mol. The molecule has 3 heteroatoms. The van der Waals surface area contributed by atoms with E-state index >= 15 is 0 Å². The van der Waals surface area contributed by atoms with E-state index in [2.05, 4.69) is 97.5 Å². The summed E-state index contributed by atoms with van der Waals surface area (Å²) in [7, 11) is 3.83. The van der Waals surface area contributed by atoms with Gasteiger partial charge in [0.2, 0.25) is 0 Å². The molecule has 0 aliphatic rings. The Morgan fingerprint density at radius 1 is 0.806 bits per heavy atom. The molecular formula is C28H29NO2. The zero-order valence-electron chi connectivity index (χ0n) is 18.5. The van der Waals surface area contributed by atoms with Crippen LogP contribution in [0.3, 0.4) is 0 Å². The highest BCUT2D eigenvalue weighted by atomic mass is 16.5. The third-order valence-corrected chi connectivity index (χ3v) is 5.45. The van der Waals surface area contributed by atoms with Crippen LogP contribution < -0.4 is 9.47 Å². The molecule has 4 aromatic rings. The molecule has 0 saturated heterocycles. The summed E-state index contributed by atoms with van der Waals surface area (Å²) in [5, 5.41) is 0. The topological polar surface area (TPSA) is 23.4 Å². The lowest BCUT2D eigenvalue weighted by molar-refractivity contribution is 0.317. The van der Waals surface area contributed by atoms with Gasteiger partial charge in [-0.25, -0.2) is 0 Å². The molecule has 0 aliphatic heterocycles. The maximum atomic E-state index is 5.78. The molecule has 0 bridgehead atoms. The second kappa shape index (κ2) is 9.57. The maximum absolute atomic E-state index is 5.78. The van der Waals surface area contributed by atoms with Crippen LogP contribution in [0.2, 0.25) is 0 Å². The van der Waals surface area contributed by atoms with Gasteiger partial charge in [0.1, 0.15) is 11.5 Å². The van der Waals surface area contributed by atoms with Crippen molar-refractivity contribution in [1.82, 2.24) is 4.57 Å². The van der Waals surface area contributed by atoms with Crippen molar-refractivity contribution in [2.24, 2.45) is 7.05 Å². The highest BCUT2D eigenvalue weighted by Gasteiger charge is 2.18. The fourth-order valence-electron chi connectivity index (χ4n) is 4.03. The van der Waals surface area contributed by atoms with Crippen molar-refractivity contribution < 1.29 is 9.47 Å². The number of methoxy groups -OCH3 is 1. The third kappa shape index (κ3) is 4.66. The van der Waals surface area contributed by atoms with Crippen molar-refractivity contribution in [3.05, 3.63) is 96.2 Å². The summed E-state index contributed by atoms with van der Waals surface area (Å²) in [5.41, 5.74) is 7.42. The van der Waals surface area contributed by atoms with Gasteiger partial charge in [0.25, 0.3) is 0 Å². The van der Waals surface area contributed by atoms with E-state index in [1.54, 1.807) is 7.11 Å². The Bertz CT molecular complexity index is 1130. The summed E-state index contributed by atoms with van der Waals surface area (Å²) in [6.07, 6.45) is 4.09. The Hall–Kier alpha value is -3.46. The van der Waals surface area contributed by atoms with Gasteiger partial charge in [-0.3, -0.25) is 0 Å². The van der Waals surface area contributed by atoms with E-state index in [0.29, 0.717) is 0 Å². The Balaban J connectivity index is 1.78. The average molecular weight is 412 g/mol. The van der Waals surface area contributed by atoms with E-state index in [9.17, 15) is 0 Å². The normalized spacial score (nSPS) is 10.8. The number of rotatable bonds is 8. The van der Waals surface area contributed by atoms with Gasteiger partial charge in [0.15, 0.2) is 0 Å². The highest BCUT2D eigenvalue weighted by molar-refractivity contribution is 5.85. The van der Waals surface area contributed by atoms with Gasteiger partial charge in [-0.05, 0) is 71.5 Å². The minimum atomic E-state index is 0.740. The minimum absolute atomic E-state index is 0.740. The molecule has 31 heavy (non-hydrogen) atoms. The molecular weight excluding hydrogens is 382 g/mol. The zero-order valence-corrected chi connectivity index (χ0v) is 18.5. The van der Waals surface area contributed by atoms with Crippen molar-refractivity contribution in [2.45, 2.75) is 19.8 Å². The summed E-state index contributed by atoms with van der Waals surface area (Å²) in [6, 6.07) is 27.4. The smallest absolute Gasteiger partial charge is 0.119 e. The molecule has 0 unspecified atom stereocenters. The summed E-state index contributed by atoms with van der Waals surface area (Å²) >= 11 is 0. The first-order valence-corrected chi connectivity index (χ1v) is 10.8. The van der Waals surface area contributed by atoms with E-state index in [4.69, 9.17) is 9.47 Å². The number of nitrogens with zero attached hydrogens (tertiary/aromatic N) is 1. The van der Waals surface area contributed by atoms with Crippen LogP contribution in [0.4, 0.5) is 0 Å². The van der Waals surface area contributed by atoms with E-state index in [1.165, 1.54) is 33.5 Å². The molecule has 3 nitrogen and oxygen atoms in total. The van der Waals surface area contributed by atoms with E-state index in [1.807, 2.05) is 6.07 Å². The van der Waals surface area contributed by atoms with Crippen LogP contribution in [0.15, 0.2) is 85.1 Å². The number of hydrogen-bond donors (Lipinski definition) is 0. The van der Waals surface area contributed by atoms with Crippen molar-refractivity contribution >= 4 is 0 Å². The van der Waals surface area contributed by atoms with Crippen molar-refractivity contribution in [3.8, 4) is 33.9 Å². The van der Waals surface area contributed by atoms with Crippen LogP contribution in [-0.4, -0.2) is 18.3 Å². The molecule has 0 aliphatic carbocycles. The van der Waals surface area contributed by atoms with Gasteiger partial charge < -0.3 is 14.0 Å². The standard InChI is InChI=1S/C28H29NO2/c1-4-17-31-25-15-13-23(14-16-25)28-27(22-10-6-5-7-11-22)24(20-29(28)2)18-21-9-8-12-26(19-21)30-3/h5-16,19-20H,4,17-18H2,1-3H3. The Morgan fingerprint density at radius 2 is 1.58 bits per heavy atom. The van der Waals surface area contributed by atoms with Gasteiger partial charge in [-0.2, -0.15) is 0 Å². The van der Waals surface area contributed by atoms with Gasteiger partial charge >= 0.3 is 0 Å². The first-order valence-electron chi connectivity index (χ1n) is 10.8. The summed E-state index contributed by atoms with van der Waals surface area (Å²) in [6.45, 7) is 2.86. The fourth-order valence-corrected chi connectivity index (χ4v) is 4.03. The van der Waals surface area contributed by atoms with Gasteiger partial charge in [-0.1, -0.05) is 49.4 Å². The zero-order chi connectivity index (χ0) is 21.6. The quantitative estimate of drug-likeness (QED) is 0.320. The molecule has 3 aromatic carbocycles. The number of ether oxygens (including phenoxy) is 2.